The van der Waals surface area contributed by atoms with Crippen molar-refractivity contribution in [1.82, 2.24) is 20.1 Å². The second-order valence-electron chi connectivity index (χ2n) is 9.03. The molecule has 4 rings (SSSR count). The van der Waals surface area contributed by atoms with E-state index >= 15 is 0 Å². The van der Waals surface area contributed by atoms with Crippen molar-refractivity contribution in [2.45, 2.75) is 51.2 Å². The molecule has 4 heterocycles. The molecule has 2 saturated heterocycles. The Morgan fingerprint density at radius 2 is 2.09 bits per heavy atom. The zero-order valence-electron chi connectivity index (χ0n) is 19.2. The Kier molecular flexibility index (Phi) is 7.26. The van der Waals surface area contributed by atoms with Gasteiger partial charge in [0.25, 0.3) is 0 Å². The first kappa shape index (κ1) is 23.9. The van der Waals surface area contributed by atoms with Gasteiger partial charge in [0.05, 0.1) is 19.0 Å². The molecule has 3 amide bonds. The Balaban J connectivity index is 1.44. The lowest BCUT2D eigenvalue weighted by Crippen LogP contribution is -2.53. The predicted molar refractivity (Wildman–Crippen MR) is 125 cm³/mol. The first-order chi connectivity index (χ1) is 16.3. The van der Waals surface area contributed by atoms with Crippen molar-refractivity contribution in [3.8, 4) is 5.75 Å². The molecule has 0 bridgehead atoms. The molecule has 10 heteroatoms. The first-order valence-corrected chi connectivity index (χ1v) is 12.3. The zero-order valence-corrected chi connectivity index (χ0v) is 20.0. The van der Waals surface area contributed by atoms with Gasteiger partial charge in [-0.1, -0.05) is 19.9 Å². The average molecular weight is 485 g/mol. The molecule has 34 heavy (non-hydrogen) atoms. The number of fused-ring (bicyclic) bond motifs is 1. The van der Waals surface area contributed by atoms with Crippen molar-refractivity contribution >= 4 is 35.0 Å². The summed E-state index contributed by atoms with van der Waals surface area (Å²) >= 11 is 1.40. The summed E-state index contributed by atoms with van der Waals surface area (Å²) in [7, 11) is 0. The van der Waals surface area contributed by atoms with Crippen molar-refractivity contribution in [2.75, 3.05) is 13.1 Å². The maximum atomic E-state index is 13.5. The summed E-state index contributed by atoms with van der Waals surface area (Å²) < 4.78 is 5.26. The van der Waals surface area contributed by atoms with Crippen molar-refractivity contribution < 1.29 is 23.9 Å². The van der Waals surface area contributed by atoms with Gasteiger partial charge in [-0.25, -0.2) is 4.79 Å². The Labute approximate surface area is 202 Å². The van der Waals surface area contributed by atoms with E-state index in [1.54, 1.807) is 40.2 Å². The van der Waals surface area contributed by atoms with E-state index in [2.05, 4.69) is 10.3 Å². The monoisotopic (exact) mass is 484 g/mol. The van der Waals surface area contributed by atoms with Crippen LogP contribution in [0.1, 0.15) is 32.3 Å². The number of ether oxygens (including phenoxy) is 1. The van der Waals surface area contributed by atoms with Crippen LogP contribution < -0.4 is 10.1 Å². The highest BCUT2D eigenvalue weighted by molar-refractivity contribution is 7.08. The highest BCUT2D eigenvalue weighted by Gasteiger charge is 2.52. The predicted octanol–water partition coefficient (Wildman–Crippen LogP) is 2.27. The number of pyridine rings is 1. The van der Waals surface area contributed by atoms with Gasteiger partial charge >= 0.3 is 6.09 Å². The molecule has 2 aliphatic rings. The quantitative estimate of drug-likeness (QED) is 0.646. The van der Waals surface area contributed by atoms with Crippen LogP contribution in [0, 0.1) is 5.92 Å². The average Bonchev–Trinajstić information content (AvgIpc) is 3.52. The number of Topliss-reactive ketones (excluding diaryl/α,β-unsaturated/α-hetero) is 1. The van der Waals surface area contributed by atoms with Gasteiger partial charge in [0, 0.05) is 24.3 Å². The molecule has 2 aliphatic heterocycles. The molecular weight excluding hydrogens is 456 g/mol. The van der Waals surface area contributed by atoms with Crippen LogP contribution in [0.15, 0.2) is 41.4 Å². The number of amides is 3. The van der Waals surface area contributed by atoms with E-state index in [4.69, 9.17) is 4.74 Å². The molecule has 3 atom stereocenters. The number of hydrogen-bond acceptors (Lipinski definition) is 7. The third-order valence-electron chi connectivity index (χ3n) is 6.11. The molecule has 0 spiro atoms. The summed E-state index contributed by atoms with van der Waals surface area (Å²) in [5, 5.41) is 6.16. The van der Waals surface area contributed by atoms with E-state index in [9.17, 15) is 19.2 Å². The number of carbonyl (C=O) groups is 4. The van der Waals surface area contributed by atoms with Crippen LogP contribution in [-0.2, 0) is 20.8 Å². The molecule has 0 aromatic carbocycles. The number of nitrogens with one attached hydrogen (secondary N) is 1. The number of aromatic nitrogens is 1. The fraction of sp³-hybridized carbons (Fsp3) is 0.458. The number of rotatable bonds is 7. The minimum Gasteiger partial charge on any atom is -0.409 e. The van der Waals surface area contributed by atoms with Gasteiger partial charge in [-0.2, -0.15) is 0 Å². The minimum absolute atomic E-state index is 0.0132. The van der Waals surface area contributed by atoms with E-state index in [1.165, 1.54) is 16.2 Å². The van der Waals surface area contributed by atoms with E-state index in [-0.39, 0.29) is 42.5 Å². The topological polar surface area (TPSA) is 109 Å². The molecule has 2 aromatic rings. The summed E-state index contributed by atoms with van der Waals surface area (Å²) in [5.74, 6) is -0.0869. The zero-order chi connectivity index (χ0) is 24.2. The van der Waals surface area contributed by atoms with Gasteiger partial charge in [0.1, 0.15) is 17.8 Å². The van der Waals surface area contributed by atoms with Gasteiger partial charge in [-0.3, -0.25) is 19.4 Å². The van der Waals surface area contributed by atoms with Crippen molar-refractivity contribution in [2.24, 2.45) is 5.92 Å². The summed E-state index contributed by atoms with van der Waals surface area (Å²) in [5.41, 5.74) is 0.777. The van der Waals surface area contributed by atoms with Crippen LogP contribution in [0.25, 0.3) is 0 Å². The van der Waals surface area contributed by atoms with Crippen LogP contribution in [0.2, 0.25) is 0 Å². The Morgan fingerprint density at radius 1 is 1.26 bits per heavy atom. The number of nitrogens with zero attached hydrogens (tertiary/aromatic N) is 3. The molecule has 1 N–H and O–H groups in total. The first-order valence-electron chi connectivity index (χ1n) is 11.4. The largest absolute Gasteiger partial charge is 0.413 e. The third-order valence-corrected chi connectivity index (χ3v) is 6.77. The lowest BCUT2D eigenvalue weighted by atomic mass is 10.0. The fourth-order valence-electron chi connectivity index (χ4n) is 4.65. The third kappa shape index (κ3) is 5.27. The fourth-order valence-corrected chi connectivity index (χ4v) is 5.20. The van der Waals surface area contributed by atoms with Gasteiger partial charge in [0.15, 0.2) is 5.78 Å². The van der Waals surface area contributed by atoms with Crippen LogP contribution in [-0.4, -0.2) is 69.7 Å². The number of ketones is 1. The lowest BCUT2D eigenvalue weighted by molar-refractivity contribution is -0.138. The van der Waals surface area contributed by atoms with Gasteiger partial charge in [0.2, 0.25) is 11.8 Å². The van der Waals surface area contributed by atoms with Crippen molar-refractivity contribution in [3.63, 3.8) is 0 Å². The molecule has 0 aliphatic carbocycles. The highest BCUT2D eigenvalue weighted by atomic mass is 32.1. The van der Waals surface area contributed by atoms with Gasteiger partial charge in [-0.05, 0) is 41.8 Å². The molecule has 0 saturated carbocycles. The normalized spacial score (nSPS) is 20.4. The summed E-state index contributed by atoms with van der Waals surface area (Å²) in [6.07, 6.45) is 3.65. The van der Waals surface area contributed by atoms with Crippen LogP contribution >= 0.6 is 11.3 Å². The summed E-state index contributed by atoms with van der Waals surface area (Å²) in [4.78, 5) is 58.9. The van der Waals surface area contributed by atoms with Crippen LogP contribution in [0.3, 0.4) is 0 Å². The second kappa shape index (κ2) is 10.3. The standard InChI is InChI=1S/C24H28N4O5S/c1-15(2)10-18(26-24(32)33-17-6-9-34-14-17)23(31)27-8-5-19-22(27)20(29)13-28(19)21(30)11-16-4-3-7-25-12-16/h3-4,6-7,9,12,14-15,18-19,22H,5,8,10-11,13H2,1-2H3,(H,26,32). The van der Waals surface area contributed by atoms with Crippen LogP contribution in [0.5, 0.6) is 5.75 Å². The highest BCUT2D eigenvalue weighted by Crippen LogP contribution is 2.31. The van der Waals surface area contributed by atoms with Gasteiger partial charge in [-0.15, -0.1) is 11.3 Å². The van der Waals surface area contributed by atoms with Crippen LogP contribution in [0.4, 0.5) is 4.79 Å². The molecular formula is C24H28N4O5S. The number of likely N-dealkylation sites (tertiary alicyclic amines) is 2. The van der Waals surface area contributed by atoms with E-state index in [1.807, 2.05) is 19.9 Å². The van der Waals surface area contributed by atoms with E-state index in [0.29, 0.717) is 25.1 Å². The van der Waals surface area contributed by atoms with E-state index in [0.717, 1.165) is 5.56 Å². The lowest BCUT2D eigenvalue weighted by Gasteiger charge is -2.28. The SMILES string of the molecule is CC(C)CC(NC(=O)Oc1ccsc1)C(=O)N1CCC2C1C(=O)CN2C(=O)Cc1cccnc1. The second-order valence-corrected chi connectivity index (χ2v) is 9.81. The molecule has 9 nitrogen and oxygen atoms in total. The van der Waals surface area contributed by atoms with E-state index < -0.39 is 18.2 Å². The molecule has 2 aromatic heterocycles. The molecule has 180 valence electrons. The summed E-state index contributed by atoms with van der Waals surface area (Å²) in [6.45, 7) is 4.25. The maximum absolute atomic E-state index is 13.5. The number of thiophene rings is 1. The molecule has 2 fully saturated rings. The van der Waals surface area contributed by atoms with Crippen molar-refractivity contribution in [1.29, 1.82) is 0 Å². The van der Waals surface area contributed by atoms with Crippen molar-refractivity contribution in [3.05, 3.63) is 46.9 Å². The Morgan fingerprint density at radius 3 is 2.76 bits per heavy atom. The molecule has 3 unspecified atom stereocenters. The van der Waals surface area contributed by atoms with Gasteiger partial charge < -0.3 is 19.9 Å². The summed E-state index contributed by atoms with van der Waals surface area (Å²) in [6, 6.07) is 3.40. The smallest absolute Gasteiger partial charge is 0.409 e. The molecule has 0 radical (unpaired) electrons. The Hall–Kier alpha value is -3.27. The number of carbonyl (C=O) groups excluding carboxylic acids is 4. The number of hydrogen-bond donors (Lipinski definition) is 1. The Bertz CT molecular complexity index is 1040. The maximum Gasteiger partial charge on any atom is 0.413 e. The minimum atomic E-state index is -0.821.